The maximum Gasteiger partial charge on any atom is 0.483 e. The van der Waals surface area contributed by atoms with Gasteiger partial charge in [0.25, 0.3) is 0 Å². The van der Waals surface area contributed by atoms with Crippen LogP contribution in [-0.4, -0.2) is 36.8 Å². The van der Waals surface area contributed by atoms with Crippen LogP contribution in [0.5, 0.6) is 0 Å². The topological polar surface area (TPSA) is 70.8 Å². The van der Waals surface area contributed by atoms with Gasteiger partial charge in [-0.05, 0) is 0 Å². The van der Waals surface area contributed by atoms with E-state index in [1.165, 1.54) is 6.92 Å². The molecule has 11 heavy (non-hydrogen) atoms. The van der Waals surface area contributed by atoms with Crippen molar-refractivity contribution < 1.29 is 18.1 Å². The molecule has 0 atom stereocenters. The Morgan fingerprint density at radius 2 is 1.36 bits per heavy atom. The number of hydrogen-bond acceptors (Lipinski definition) is 4. The Hall–Kier alpha value is -0.433. The highest BCUT2D eigenvalue weighted by molar-refractivity contribution is 6.36. The Labute approximate surface area is 68.4 Å². The van der Waals surface area contributed by atoms with Gasteiger partial charge in [0.2, 0.25) is 5.91 Å². The van der Waals surface area contributed by atoms with Crippen molar-refractivity contribution in [1.82, 2.24) is 0 Å². The van der Waals surface area contributed by atoms with E-state index >= 15 is 0 Å². The molecule has 0 unspecified atom stereocenters. The van der Waals surface area contributed by atoms with E-state index in [9.17, 15) is 4.79 Å². The molecule has 68 valence electrons. The van der Waals surface area contributed by atoms with E-state index in [1.807, 2.05) is 0 Å². The second kappa shape index (κ2) is 9.57. The highest BCUT2D eigenvalue weighted by Gasteiger charge is 2.04. The number of rotatable bonds is 3. The third-order valence-corrected chi connectivity index (χ3v) is 1.73. The molecule has 0 radical (unpaired) electrons. The normalized spacial score (nSPS) is 8.82. The third kappa shape index (κ3) is 17.7. The van der Waals surface area contributed by atoms with Crippen LogP contribution in [-0.2, 0) is 18.1 Å². The van der Waals surface area contributed by atoms with Crippen molar-refractivity contribution in [2.45, 2.75) is 6.92 Å². The maximum absolute atomic E-state index is 9.22. The molecule has 6 heteroatoms. The largest absolute Gasteiger partial charge is 0.483 e. The Morgan fingerprint density at radius 1 is 1.18 bits per heavy atom. The fourth-order valence-corrected chi connectivity index (χ4v) is 0.866. The average Bonchev–Trinajstić information content (AvgIpc) is 1.90. The predicted molar refractivity (Wildman–Crippen MR) is 43.0 cm³/mol. The molecular weight excluding hydrogens is 166 g/mol. The van der Waals surface area contributed by atoms with Gasteiger partial charge in [0, 0.05) is 28.3 Å². The van der Waals surface area contributed by atoms with Crippen LogP contribution < -0.4 is 5.73 Å². The van der Waals surface area contributed by atoms with Crippen molar-refractivity contribution in [3.05, 3.63) is 0 Å². The van der Waals surface area contributed by atoms with Crippen LogP contribution in [0.1, 0.15) is 6.92 Å². The molecule has 0 saturated carbocycles. The number of carbonyl (C=O) groups excluding carboxylic acids is 1. The highest BCUT2D eigenvalue weighted by Crippen LogP contribution is 1.81. The Bertz CT molecular complexity index is 87.0. The van der Waals surface area contributed by atoms with Crippen LogP contribution in [0.2, 0.25) is 0 Å². The summed E-state index contributed by atoms with van der Waals surface area (Å²) in [4.78, 5) is 9.22. The molecule has 0 fully saturated rings. The lowest BCUT2D eigenvalue weighted by Crippen LogP contribution is -2.21. The summed E-state index contributed by atoms with van der Waals surface area (Å²) < 4.78 is 14.2. The van der Waals surface area contributed by atoms with Crippen molar-refractivity contribution in [2.24, 2.45) is 5.73 Å². The van der Waals surface area contributed by atoms with Gasteiger partial charge >= 0.3 is 9.53 Å². The van der Waals surface area contributed by atoms with Crippen molar-refractivity contribution in [2.75, 3.05) is 21.3 Å². The Balaban J connectivity index is 0. The van der Waals surface area contributed by atoms with Gasteiger partial charge in [-0.25, -0.2) is 0 Å². The fourth-order valence-electron chi connectivity index (χ4n) is 0.289. The molecular formula is C5H15NO4Si. The molecule has 1 amide bonds. The average molecular weight is 181 g/mol. The van der Waals surface area contributed by atoms with Crippen molar-refractivity contribution in [1.29, 1.82) is 0 Å². The molecule has 0 aliphatic heterocycles. The van der Waals surface area contributed by atoms with E-state index < -0.39 is 9.53 Å². The van der Waals surface area contributed by atoms with Crippen LogP contribution in [0.4, 0.5) is 0 Å². The van der Waals surface area contributed by atoms with Gasteiger partial charge < -0.3 is 19.0 Å². The van der Waals surface area contributed by atoms with E-state index in [0.29, 0.717) is 0 Å². The summed E-state index contributed by atoms with van der Waals surface area (Å²) in [6, 6.07) is 0. The minimum Gasteiger partial charge on any atom is -0.379 e. The zero-order valence-corrected chi connectivity index (χ0v) is 8.44. The molecule has 5 nitrogen and oxygen atoms in total. The molecule has 0 rings (SSSR count). The molecule has 2 N–H and O–H groups in total. The lowest BCUT2D eigenvalue weighted by molar-refractivity contribution is -0.115. The number of amides is 1. The predicted octanol–water partition coefficient (Wildman–Crippen LogP) is -0.866. The standard InChI is InChI=1S/C3H10O3Si.C2H5NO/c1-4-7(5-2)6-3;1-2(3)4/h7H,1-3H3;1H3,(H2,3,4). The summed E-state index contributed by atoms with van der Waals surface area (Å²) in [5.74, 6) is -0.333. The van der Waals surface area contributed by atoms with E-state index in [2.05, 4.69) is 5.73 Å². The monoisotopic (exact) mass is 181 g/mol. The smallest absolute Gasteiger partial charge is 0.379 e. The summed E-state index contributed by atoms with van der Waals surface area (Å²) >= 11 is 0. The molecule has 0 heterocycles. The molecule has 0 spiro atoms. The van der Waals surface area contributed by atoms with Crippen molar-refractivity contribution >= 4 is 15.4 Å². The van der Waals surface area contributed by atoms with E-state index in [4.69, 9.17) is 13.3 Å². The Kier molecular flexibility index (Phi) is 11.5. The lowest BCUT2D eigenvalue weighted by Gasteiger charge is -2.05. The van der Waals surface area contributed by atoms with Crippen LogP contribution in [0, 0.1) is 0 Å². The molecule has 0 saturated heterocycles. The summed E-state index contributed by atoms with van der Waals surface area (Å²) in [6.07, 6.45) is 0. The SMILES string of the molecule is CC(N)=O.CO[SiH](OC)OC. The minimum atomic E-state index is -1.67. The molecule has 0 bridgehead atoms. The third-order valence-electron chi connectivity index (χ3n) is 0.577. The van der Waals surface area contributed by atoms with Gasteiger partial charge in [-0.3, -0.25) is 4.79 Å². The Morgan fingerprint density at radius 3 is 1.36 bits per heavy atom. The summed E-state index contributed by atoms with van der Waals surface area (Å²) in [7, 11) is 3.05. The quantitative estimate of drug-likeness (QED) is 0.575. The number of primary amides is 1. The number of hydrogen-bond donors (Lipinski definition) is 1. The van der Waals surface area contributed by atoms with E-state index in [-0.39, 0.29) is 5.91 Å². The van der Waals surface area contributed by atoms with Gasteiger partial charge in [0.15, 0.2) is 0 Å². The van der Waals surface area contributed by atoms with Gasteiger partial charge in [-0.2, -0.15) is 0 Å². The van der Waals surface area contributed by atoms with Crippen molar-refractivity contribution in [3.8, 4) is 0 Å². The molecule has 0 aliphatic rings. The first-order valence-corrected chi connectivity index (χ1v) is 4.34. The maximum atomic E-state index is 9.22. The number of nitrogens with two attached hydrogens (primary N) is 1. The molecule has 0 aromatic heterocycles. The van der Waals surface area contributed by atoms with E-state index in [0.717, 1.165) is 0 Å². The van der Waals surface area contributed by atoms with Gasteiger partial charge in [-0.1, -0.05) is 0 Å². The highest BCUT2D eigenvalue weighted by atomic mass is 28.3. The molecule has 0 aromatic carbocycles. The first-order chi connectivity index (χ1) is 5.08. The van der Waals surface area contributed by atoms with Crippen LogP contribution >= 0.6 is 0 Å². The van der Waals surface area contributed by atoms with Crippen LogP contribution in [0.3, 0.4) is 0 Å². The zero-order valence-electron chi connectivity index (χ0n) is 7.29. The van der Waals surface area contributed by atoms with E-state index in [1.54, 1.807) is 21.3 Å². The first-order valence-electron chi connectivity index (χ1n) is 2.92. The second-order valence-electron chi connectivity index (χ2n) is 1.61. The van der Waals surface area contributed by atoms with Crippen LogP contribution in [0.15, 0.2) is 0 Å². The van der Waals surface area contributed by atoms with Gasteiger partial charge in [0.05, 0.1) is 0 Å². The lowest BCUT2D eigenvalue weighted by atomic mass is 10.8. The summed E-state index contributed by atoms with van der Waals surface area (Å²) in [6.45, 7) is 1.31. The molecule has 0 aromatic rings. The first kappa shape index (κ1) is 13.2. The molecule has 0 aliphatic carbocycles. The van der Waals surface area contributed by atoms with Crippen LogP contribution in [0.25, 0.3) is 0 Å². The van der Waals surface area contributed by atoms with Gasteiger partial charge in [0.1, 0.15) is 0 Å². The number of carbonyl (C=O) groups is 1. The summed E-state index contributed by atoms with van der Waals surface area (Å²) in [5.41, 5.74) is 4.47. The second-order valence-corrected chi connectivity index (χ2v) is 3.60. The fraction of sp³-hybridized carbons (Fsp3) is 0.800. The minimum absolute atomic E-state index is 0.333. The summed E-state index contributed by atoms with van der Waals surface area (Å²) in [5, 5.41) is 0. The van der Waals surface area contributed by atoms with Gasteiger partial charge in [-0.15, -0.1) is 0 Å². The zero-order chi connectivity index (χ0) is 9.28. The van der Waals surface area contributed by atoms with Crippen molar-refractivity contribution in [3.63, 3.8) is 0 Å².